The highest BCUT2D eigenvalue weighted by molar-refractivity contribution is 14.2. The lowest BCUT2D eigenvalue weighted by Crippen LogP contribution is -1.63. The van der Waals surface area contributed by atoms with Gasteiger partial charge in [-0.2, -0.15) is 0 Å². The van der Waals surface area contributed by atoms with Crippen molar-refractivity contribution >= 4 is 41.5 Å². The fourth-order valence-corrected chi connectivity index (χ4v) is 1.36. The van der Waals surface area contributed by atoms with Gasteiger partial charge in [-0.3, -0.25) is 0 Å². The molecule has 0 aromatic carbocycles. The van der Waals surface area contributed by atoms with Gasteiger partial charge in [0.25, 0.3) is 0 Å². The van der Waals surface area contributed by atoms with Gasteiger partial charge in [-0.1, -0.05) is 0 Å². The summed E-state index contributed by atoms with van der Waals surface area (Å²) < 4.78 is 0. The highest BCUT2D eigenvalue weighted by Gasteiger charge is 1.83. The number of thiazole rings is 1. The summed E-state index contributed by atoms with van der Waals surface area (Å²) in [5.74, 6) is 2.89. The quantitative estimate of drug-likeness (QED) is 0.529. The zero-order valence-electron chi connectivity index (χ0n) is 4.30. The van der Waals surface area contributed by atoms with Crippen molar-refractivity contribution in [3.63, 3.8) is 0 Å². The summed E-state index contributed by atoms with van der Waals surface area (Å²) in [4.78, 5) is 3.98. The van der Waals surface area contributed by atoms with E-state index in [4.69, 9.17) is 0 Å². The van der Waals surface area contributed by atoms with Crippen molar-refractivity contribution in [1.29, 1.82) is 0 Å². The first-order chi connectivity index (χ1) is 4.43. The van der Waals surface area contributed by atoms with Crippen molar-refractivity contribution in [2.45, 2.75) is 0 Å². The second-order valence-corrected chi connectivity index (χ2v) is 3.72. The third-order valence-corrected chi connectivity index (χ3v) is 2.16. The zero-order valence-corrected chi connectivity index (χ0v) is 8.09. The number of halogens is 1. The maximum Gasteiger partial charge on any atom is 0.167 e. The predicted molar refractivity (Wildman–Crippen MR) is 50.6 cm³/mol. The molecule has 0 spiro atoms. The molecule has 0 N–H and O–H groups in total. The lowest BCUT2D eigenvalue weighted by Gasteiger charge is -1.70. The second kappa shape index (κ2) is 4.14. The molecule has 0 atom stereocenters. The Bertz CT molecular complexity index is 221. The molecule has 1 heterocycles. The molecule has 0 aliphatic rings. The molecule has 0 fully saturated rings. The number of nitrogens with zero attached hydrogens (tertiary/aromatic N) is 1. The van der Waals surface area contributed by atoms with E-state index in [1.165, 1.54) is 8.93 Å². The fraction of sp³-hybridized carbons (Fsp3) is 0. The minimum atomic E-state index is 0.888. The third kappa shape index (κ3) is 2.56. The van der Waals surface area contributed by atoms with Gasteiger partial charge in [-0.05, 0) is 20.1 Å². The average Bonchev–Trinajstić information content (AvgIpc) is 2.34. The summed E-state index contributed by atoms with van der Waals surface area (Å²) in [5, 5.41) is 5.66. The predicted octanol–water partition coefficient (Wildman–Crippen LogP) is 2.54. The van der Waals surface area contributed by atoms with E-state index in [0.717, 1.165) is 5.01 Å². The van der Waals surface area contributed by atoms with E-state index >= 15 is 0 Å². The number of hydrogen-bond acceptors (Lipinski definition) is 3. The second-order valence-electron chi connectivity index (χ2n) is 1.14. The molecule has 0 aliphatic heterocycles. The monoisotopic (exact) mass is 267 g/mol. The van der Waals surface area contributed by atoms with Gasteiger partial charge in [0.2, 0.25) is 0 Å². The van der Waals surface area contributed by atoms with Crippen LogP contribution in [0, 0.1) is 11.2 Å². The first-order valence-electron chi connectivity index (χ1n) is 2.11. The number of aromatic nitrogens is 1. The van der Waals surface area contributed by atoms with Gasteiger partial charge >= 0.3 is 0 Å². The molecule has 1 aromatic rings. The SMILES string of the molecule is ISC#Cc1nccs1. The van der Waals surface area contributed by atoms with Gasteiger partial charge < -0.3 is 0 Å². The van der Waals surface area contributed by atoms with Gasteiger partial charge in [0, 0.05) is 32.8 Å². The Balaban J connectivity index is 2.67. The molecule has 0 bridgehead atoms. The van der Waals surface area contributed by atoms with E-state index in [2.05, 4.69) is 37.4 Å². The van der Waals surface area contributed by atoms with E-state index in [0.29, 0.717) is 0 Å². The minimum Gasteiger partial charge on any atom is -0.236 e. The molecule has 1 aromatic heterocycles. The van der Waals surface area contributed by atoms with Crippen molar-refractivity contribution in [3.05, 3.63) is 16.6 Å². The summed E-state index contributed by atoms with van der Waals surface area (Å²) in [7, 11) is 1.48. The molecule has 0 unspecified atom stereocenters. The first-order valence-corrected chi connectivity index (χ1v) is 6.35. The smallest absolute Gasteiger partial charge is 0.167 e. The van der Waals surface area contributed by atoms with Crippen LogP contribution >= 0.6 is 41.5 Å². The van der Waals surface area contributed by atoms with Crippen molar-refractivity contribution < 1.29 is 0 Å². The molecule has 9 heavy (non-hydrogen) atoms. The Labute approximate surface area is 73.9 Å². The lowest BCUT2D eigenvalue weighted by atomic mass is 10.7. The molecule has 0 saturated heterocycles. The Kier molecular flexibility index (Phi) is 3.40. The zero-order chi connectivity index (χ0) is 6.53. The van der Waals surface area contributed by atoms with E-state index < -0.39 is 0 Å². The van der Waals surface area contributed by atoms with Crippen LogP contribution in [0.15, 0.2) is 11.6 Å². The standard InChI is InChI=1S/C5H2INS2/c6-9-3-1-5-7-2-4-8-5/h2,4H. The van der Waals surface area contributed by atoms with Crippen molar-refractivity contribution in [3.8, 4) is 11.2 Å². The Morgan fingerprint density at radius 3 is 3.22 bits per heavy atom. The molecule has 0 amide bonds. The van der Waals surface area contributed by atoms with Crippen molar-refractivity contribution in [1.82, 2.24) is 4.98 Å². The molecule has 0 radical (unpaired) electrons. The van der Waals surface area contributed by atoms with Gasteiger partial charge in [-0.15, -0.1) is 11.3 Å². The summed E-state index contributed by atoms with van der Waals surface area (Å²) in [6.45, 7) is 0. The molecule has 0 saturated carbocycles. The molecular weight excluding hydrogens is 265 g/mol. The van der Waals surface area contributed by atoms with E-state index in [-0.39, 0.29) is 0 Å². The van der Waals surface area contributed by atoms with E-state index in [1.54, 1.807) is 17.5 Å². The van der Waals surface area contributed by atoms with Crippen LogP contribution in [0.5, 0.6) is 0 Å². The largest absolute Gasteiger partial charge is 0.236 e. The molecule has 4 heteroatoms. The Hall–Kier alpha value is 0.270. The van der Waals surface area contributed by atoms with E-state index in [1.807, 2.05) is 5.38 Å². The topological polar surface area (TPSA) is 12.9 Å². The van der Waals surface area contributed by atoms with Crippen LogP contribution in [-0.2, 0) is 0 Å². The third-order valence-electron chi connectivity index (χ3n) is 0.629. The molecule has 0 aliphatic carbocycles. The summed E-state index contributed by atoms with van der Waals surface area (Å²) >= 11 is 3.69. The van der Waals surface area contributed by atoms with Crippen LogP contribution in [0.3, 0.4) is 0 Å². The minimum absolute atomic E-state index is 0.888. The fourth-order valence-electron chi connectivity index (χ4n) is 0.348. The average molecular weight is 267 g/mol. The normalized spacial score (nSPS) is 8.11. The van der Waals surface area contributed by atoms with Gasteiger partial charge in [0.1, 0.15) is 0 Å². The molecular formula is C5H2INS2. The lowest BCUT2D eigenvalue weighted by molar-refractivity contribution is 1.39. The van der Waals surface area contributed by atoms with Crippen LogP contribution in [-0.4, -0.2) is 4.98 Å². The van der Waals surface area contributed by atoms with Crippen LogP contribution in [0.1, 0.15) is 5.01 Å². The van der Waals surface area contributed by atoms with Crippen LogP contribution in [0.4, 0.5) is 0 Å². The highest BCUT2D eigenvalue weighted by Crippen LogP contribution is 2.08. The Morgan fingerprint density at radius 2 is 2.67 bits per heavy atom. The van der Waals surface area contributed by atoms with Crippen molar-refractivity contribution in [2.75, 3.05) is 0 Å². The Morgan fingerprint density at radius 1 is 1.78 bits per heavy atom. The highest BCUT2D eigenvalue weighted by atomic mass is 127. The van der Waals surface area contributed by atoms with Crippen molar-refractivity contribution in [2.24, 2.45) is 0 Å². The van der Waals surface area contributed by atoms with Gasteiger partial charge in [0.05, 0.1) is 0 Å². The van der Waals surface area contributed by atoms with Crippen LogP contribution < -0.4 is 0 Å². The number of rotatable bonds is 0. The molecule has 1 rings (SSSR count). The maximum absolute atomic E-state index is 3.98. The first kappa shape index (κ1) is 7.38. The number of hydrogen-bond donors (Lipinski definition) is 0. The van der Waals surface area contributed by atoms with Gasteiger partial charge in [-0.25, -0.2) is 4.98 Å². The summed E-state index contributed by atoms with van der Waals surface area (Å²) in [5.41, 5.74) is 0. The molecule has 1 nitrogen and oxygen atoms in total. The summed E-state index contributed by atoms with van der Waals surface area (Å²) in [6, 6.07) is 0. The summed E-state index contributed by atoms with van der Waals surface area (Å²) in [6.07, 6.45) is 1.76. The van der Waals surface area contributed by atoms with Gasteiger partial charge in [0.15, 0.2) is 5.01 Å². The maximum atomic E-state index is 3.98. The van der Waals surface area contributed by atoms with Crippen LogP contribution in [0.2, 0.25) is 0 Å². The van der Waals surface area contributed by atoms with Crippen LogP contribution in [0.25, 0.3) is 0 Å². The molecule has 46 valence electrons. The van der Waals surface area contributed by atoms with E-state index in [9.17, 15) is 0 Å².